The zero-order chi connectivity index (χ0) is 41.3. The van der Waals surface area contributed by atoms with E-state index in [-0.39, 0.29) is 46.6 Å². The van der Waals surface area contributed by atoms with E-state index in [1.807, 2.05) is 0 Å². The number of hydrogen-bond donors (Lipinski definition) is 4. The molecule has 2 aromatic heterocycles. The number of furan rings is 1. The van der Waals surface area contributed by atoms with Crippen LogP contribution in [-0.2, 0) is 14.3 Å². The van der Waals surface area contributed by atoms with Gasteiger partial charge in [0.25, 0.3) is 11.8 Å². The molecule has 1 unspecified atom stereocenters. The van der Waals surface area contributed by atoms with E-state index in [1.54, 1.807) is 23.5 Å². The Kier molecular flexibility index (Phi) is 11.3. The van der Waals surface area contributed by atoms with Crippen LogP contribution in [0.1, 0.15) is 50.9 Å². The molecule has 7 rings (SSSR count). The fourth-order valence-corrected chi connectivity index (χ4v) is 7.03. The Morgan fingerprint density at radius 3 is 2.43 bits per heavy atom. The lowest BCUT2D eigenvalue weighted by Crippen LogP contribution is -2.54. The molecule has 6 amide bonds. The highest BCUT2D eigenvalue weighted by Crippen LogP contribution is 2.39. The highest BCUT2D eigenvalue weighted by atomic mass is 19.4. The lowest BCUT2D eigenvalue weighted by Gasteiger charge is -2.36. The number of hydrogen-bond acceptors (Lipinski definition) is 12. The normalized spacial score (nSPS) is 18.1. The van der Waals surface area contributed by atoms with Gasteiger partial charge in [0, 0.05) is 68.4 Å². The van der Waals surface area contributed by atoms with Gasteiger partial charge in [0.2, 0.25) is 17.8 Å². The van der Waals surface area contributed by atoms with E-state index in [4.69, 9.17) is 9.15 Å². The minimum atomic E-state index is -5.04. The molecule has 0 aliphatic carbocycles. The van der Waals surface area contributed by atoms with Crippen molar-refractivity contribution < 1.29 is 55.1 Å². The zero-order valence-electron chi connectivity index (χ0n) is 30.8. The standard InChI is InChI=1S/C37H36F5N9O7/c1-19-24-14-20(38)15-26(39)30(24)58-29(19)31(37(40,41)42)48-36(56)46-21-17-44-35(45-18-21)43-6-12-57-13-11-49-7-9-50(10-8-49)22-2-3-23-25(16-22)34(55)51(33(23)54)27-4-5-28(52)47-32(27)53/h2-3,14-18,27,31H,4-13H2,1H3,(H,43,44,45)(H2,46,48,56)(H,47,52,53)/t27?,31-/m1/s1. The maximum atomic E-state index is 14.2. The Balaban J connectivity index is 0.812. The minimum Gasteiger partial charge on any atom is -0.455 e. The molecule has 2 aromatic carbocycles. The first-order valence-corrected chi connectivity index (χ1v) is 18.2. The van der Waals surface area contributed by atoms with Crippen molar-refractivity contribution in [1.82, 2.24) is 30.4 Å². The molecule has 2 atom stereocenters. The number of alkyl halides is 3. The van der Waals surface area contributed by atoms with Crippen LogP contribution in [0.2, 0.25) is 0 Å². The number of aromatic nitrogens is 2. The molecule has 21 heteroatoms. The summed E-state index contributed by atoms with van der Waals surface area (Å²) >= 11 is 0. The smallest absolute Gasteiger partial charge is 0.416 e. The number of anilines is 3. The molecule has 0 saturated carbocycles. The number of carbonyl (C=O) groups excluding carboxylic acids is 5. The van der Waals surface area contributed by atoms with Gasteiger partial charge in [0.1, 0.15) is 17.6 Å². The van der Waals surface area contributed by atoms with Crippen molar-refractivity contribution in [1.29, 1.82) is 0 Å². The molecule has 0 bridgehead atoms. The van der Waals surface area contributed by atoms with Gasteiger partial charge in [0.15, 0.2) is 17.4 Å². The van der Waals surface area contributed by atoms with Gasteiger partial charge >= 0.3 is 12.2 Å². The minimum absolute atomic E-state index is 0.0223. The summed E-state index contributed by atoms with van der Waals surface area (Å²) in [5, 5.41) is 8.91. The van der Waals surface area contributed by atoms with E-state index in [0.717, 1.165) is 29.7 Å². The Hall–Kier alpha value is -6.22. The molecule has 2 saturated heterocycles. The fraction of sp³-hybridized carbons (Fsp3) is 0.378. The van der Waals surface area contributed by atoms with E-state index in [9.17, 15) is 45.9 Å². The third-order valence-electron chi connectivity index (χ3n) is 10.0. The van der Waals surface area contributed by atoms with Crippen LogP contribution in [-0.4, -0.2) is 114 Å². The van der Waals surface area contributed by atoms with Crippen molar-refractivity contribution in [2.24, 2.45) is 0 Å². The van der Waals surface area contributed by atoms with E-state index in [1.165, 1.54) is 19.3 Å². The molecule has 3 aliphatic heterocycles. The summed E-state index contributed by atoms with van der Waals surface area (Å²) in [5.74, 6) is -5.00. The van der Waals surface area contributed by atoms with Gasteiger partial charge in [-0.05, 0) is 37.6 Å². The van der Waals surface area contributed by atoms with Crippen molar-refractivity contribution >= 4 is 58.0 Å². The summed E-state index contributed by atoms with van der Waals surface area (Å²) < 4.78 is 80.6. The Bertz CT molecular complexity index is 2260. The van der Waals surface area contributed by atoms with Gasteiger partial charge in [-0.1, -0.05) is 0 Å². The maximum Gasteiger partial charge on any atom is 0.416 e. The highest BCUT2D eigenvalue weighted by molar-refractivity contribution is 6.23. The number of piperazine rings is 1. The number of aryl methyl sites for hydroxylation is 1. The Morgan fingerprint density at radius 1 is 1.00 bits per heavy atom. The number of urea groups is 1. The number of nitrogens with zero attached hydrogens (tertiary/aromatic N) is 5. The molecule has 0 radical (unpaired) electrons. The van der Waals surface area contributed by atoms with Crippen molar-refractivity contribution in [3.8, 4) is 0 Å². The quantitative estimate of drug-likeness (QED) is 0.0919. The van der Waals surface area contributed by atoms with Crippen molar-refractivity contribution in [3.63, 3.8) is 0 Å². The molecular formula is C37H36F5N9O7. The first-order valence-electron chi connectivity index (χ1n) is 18.2. The predicted octanol–water partition coefficient (Wildman–Crippen LogP) is 3.89. The molecule has 4 N–H and O–H groups in total. The molecular weight excluding hydrogens is 777 g/mol. The lowest BCUT2D eigenvalue weighted by atomic mass is 10.0. The lowest BCUT2D eigenvalue weighted by molar-refractivity contribution is -0.158. The molecule has 16 nitrogen and oxygen atoms in total. The van der Waals surface area contributed by atoms with Crippen molar-refractivity contribution in [3.05, 3.63) is 76.8 Å². The number of amides is 6. The first-order chi connectivity index (χ1) is 27.7. The second kappa shape index (κ2) is 16.3. The van der Waals surface area contributed by atoms with Crippen molar-refractivity contribution in [2.45, 2.75) is 38.0 Å². The number of ether oxygens (including phenoxy) is 1. The highest BCUT2D eigenvalue weighted by Gasteiger charge is 2.46. The second-order valence-corrected chi connectivity index (χ2v) is 13.8. The summed E-state index contributed by atoms with van der Waals surface area (Å²) in [4.78, 5) is 76.0. The maximum absolute atomic E-state index is 14.2. The number of imide groups is 2. The van der Waals surface area contributed by atoms with Crippen LogP contribution in [0, 0.1) is 18.6 Å². The summed E-state index contributed by atoms with van der Waals surface area (Å²) in [5.41, 5.74) is 0.460. The summed E-state index contributed by atoms with van der Waals surface area (Å²) in [6.07, 6.45) is -2.55. The van der Waals surface area contributed by atoms with Crippen LogP contribution in [0.5, 0.6) is 0 Å². The largest absolute Gasteiger partial charge is 0.455 e. The first kappa shape index (κ1) is 40.0. The monoisotopic (exact) mass is 813 g/mol. The molecule has 306 valence electrons. The average molecular weight is 814 g/mol. The molecule has 3 aliphatic rings. The zero-order valence-corrected chi connectivity index (χ0v) is 30.8. The van der Waals surface area contributed by atoms with E-state index in [2.05, 4.69) is 35.7 Å². The van der Waals surface area contributed by atoms with Crippen LogP contribution < -0.4 is 26.2 Å². The number of rotatable bonds is 12. The summed E-state index contributed by atoms with van der Waals surface area (Å²) in [7, 11) is 0. The summed E-state index contributed by atoms with van der Waals surface area (Å²) in [6, 6.07) is 1.41. The van der Waals surface area contributed by atoms with Crippen molar-refractivity contribution in [2.75, 3.05) is 68.0 Å². The second-order valence-electron chi connectivity index (χ2n) is 13.8. The van der Waals surface area contributed by atoms with Crippen LogP contribution in [0.3, 0.4) is 0 Å². The van der Waals surface area contributed by atoms with Crippen LogP contribution in [0.4, 0.5) is 44.1 Å². The topological polar surface area (TPSA) is 191 Å². The predicted molar refractivity (Wildman–Crippen MR) is 195 cm³/mol. The number of benzene rings is 2. The van der Waals surface area contributed by atoms with E-state index >= 15 is 0 Å². The summed E-state index contributed by atoms with van der Waals surface area (Å²) in [6.45, 7) is 5.69. The fourth-order valence-electron chi connectivity index (χ4n) is 7.03. The van der Waals surface area contributed by atoms with Crippen LogP contribution in [0.25, 0.3) is 11.0 Å². The number of nitrogens with one attached hydrogen (secondary N) is 4. The molecule has 58 heavy (non-hydrogen) atoms. The third kappa shape index (κ3) is 8.40. The van der Waals surface area contributed by atoms with Crippen LogP contribution >= 0.6 is 0 Å². The number of halogens is 5. The number of fused-ring (bicyclic) bond motifs is 2. The van der Waals surface area contributed by atoms with Gasteiger partial charge in [0.05, 0.1) is 42.4 Å². The molecule has 5 heterocycles. The Morgan fingerprint density at radius 2 is 1.72 bits per heavy atom. The van der Waals surface area contributed by atoms with E-state index in [0.29, 0.717) is 45.5 Å². The number of piperidine rings is 1. The SMILES string of the molecule is Cc1c([C@@H](NC(=O)Nc2cnc(NCCOCCN3CCN(c4ccc5c(c4)C(=O)N(C4CCC(=O)NC4=O)C5=O)CC3)nc2)C(F)(F)F)oc2c(F)cc(F)cc12. The number of carbonyl (C=O) groups is 5. The molecule has 4 aromatic rings. The van der Waals surface area contributed by atoms with Gasteiger partial charge in [-0.3, -0.25) is 34.3 Å². The Labute approximate surface area is 326 Å². The van der Waals surface area contributed by atoms with E-state index < -0.39 is 70.9 Å². The molecule has 2 fully saturated rings. The van der Waals surface area contributed by atoms with Gasteiger partial charge in [-0.2, -0.15) is 13.2 Å². The van der Waals surface area contributed by atoms with Gasteiger partial charge in [-0.15, -0.1) is 0 Å². The average Bonchev–Trinajstić information content (AvgIpc) is 3.63. The third-order valence-corrected chi connectivity index (χ3v) is 10.0. The molecule has 0 spiro atoms. The van der Waals surface area contributed by atoms with Gasteiger partial charge < -0.3 is 30.0 Å². The van der Waals surface area contributed by atoms with Crippen LogP contribution in [0.15, 0.2) is 47.1 Å². The van der Waals surface area contributed by atoms with Gasteiger partial charge in [-0.25, -0.2) is 23.5 Å².